The minimum Gasteiger partial charge on any atom is -0.505 e. The molecule has 7 nitrogen and oxygen atoms in total. The maximum absolute atomic E-state index is 12.8. The van der Waals surface area contributed by atoms with Gasteiger partial charge in [-0.05, 0) is 24.3 Å². The van der Waals surface area contributed by atoms with E-state index in [2.05, 4.69) is 10.3 Å². The van der Waals surface area contributed by atoms with Crippen LogP contribution in [0.2, 0.25) is 0 Å². The molecule has 0 spiro atoms. The Kier molecular flexibility index (Phi) is 2.74. The molecule has 0 radical (unpaired) electrons. The van der Waals surface area contributed by atoms with Crippen molar-refractivity contribution in [3.8, 4) is 0 Å². The zero-order chi connectivity index (χ0) is 19.1. The SMILES string of the molecule is [2H]C([2H])([2H])N1C(C(=O)Nc2ccccn2)=C(O)c2ccccc2S1(=O)=O. The van der Waals surface area contributed by atoms with Crippen LogP contribution in [0.25, 0.3) is 5.76 Å². The van der Waals surface area contributed by atoms with Gasteiger partial charge in [-0.2, -0.15) is 0 Å². The lowest BCUT2D eigenvalue weighted by Crippen LogP contribution is -2.37. The number of nitrogens with zero attached hydrogens (tertiary/aromatic N) is 2. The average Bonchev–Trinajstić information content (AvgIpc) is 2.57. The number of anilines is 1. The highest BCUT2D eigenvalue weighted by molar-refractivity contribution is 7.89. The number of aliphatic hydroxyl groups excluding tert-OH is 1. The number of hydrogen-bond donors (Lipinski definition) is 2. The van der Waals surface area contributed by atoms with Gasteiger partial charge in [-0.1, -0.05) is 18.2 Å². The van der Waals surface area contributed by atoms with Crippen LogP contribution in [-0.4, -0.2) is 35.7 Å². The fourth-order valence-electron chi connectivity index (χ4n) is 2.14. The van der Waals surface area contributed by atoms with Gasteiger partial charge in [0, 0.05) is 22.8 Å². The summed E-state index contributed by atoms with van der Waals surface area (Å²) in [6.07, 6.45) is 1.39. The number of aromatic nitrogens is 1. The minimum atomic E-state index is -4.59. The number of benzene rings is 1. The molecule has 2 N–H and O–H groups in total. The molecular weight excluding hydrogens is 318 g/mol. The zero-order valence-corrected chi connectivity index (χ0v) is 12.4. The topological polar surface area (TPSA) is 99.6 Å². The average molecular weight is 334 g/mol. The first-order chi connectivity index (χ1) is 12.1. The van der Waals surface area contributed by atoms with Gasteiger partial charge in [-0.15, -0.1) is 0 Å². The summed E-state index contributed by atoms with van der Waals surface area (Å²) in [6.45, 7) is -3.23. The Morgan fingerprint density at radius 1 is 1.26 bits per heavy atom. The highest BCUT2D eigenvalue weighted by atomic mass is 32.2. The first kappa shape index (κ1) is 11.7. The number of carbonyl (C=O) groups is 1. The van der Waals surface area contributed by atoms with E-state index in [1.54, 1.807) is 12.1 Å². The van der Waals surface area contributed by atoms with Crippen LogP contribution in [0.4, 0.5) is 5.82 Å². The highest BCUT2D eigenvalue weighted by Gasteiger charge is 2.37. The number of amides is 1. The molecule has 1 aliphatic heterocycles. The normalized spacial score (nSPS) is 18.4. The fourth-order valence-corrected chi connectivity index (χ4v) is 3.44. The number of hydrogen-bond acceptors (Lipinski definition) is 5. The van der Waals surface area contributed by atoms with Gasteiger partial charge in [0.25, 0.3) is 15.9 Å². The van der Waals surface area contributed by atoms with E-state index in [-0.39, 0.29) is 15.7 Å². The van der Waals surface area contributed by atoms with Crippen LogP contribution in [-0.2, 0) is 14.8 Å². The minimum absolute atomic E-state index is 0.0457. The largest absolute Gasteiger partial charge is 0.505 e. The predicted octanol–water partition coefficient (Wildman–Crippen LogP) is 1.58. The van der Waals surface area contributed by atoms with Gasteiger partial charge in [0.05, 0.1) is 4.90 Å². The first-order valence-electron chi connectivity index (χ1n) is 7.94. The summed E-state index contributed by atoms with van der Waals surface area (Å²) in [5.41, 5.74) is -1.05. The smallest absolute Gasteiger partial charge is 0.277 e. The van der Waals surface area contributed by atoms with E-state index < -0.39 is 39.3 Å². The van der Waals surface area contributed by atoms with Crippen molar-refractivity contribution in [2.24, 2.45) is 0 Å². The Balaban J connectivity index is 2.20. The van der Waals surface area contributed by atoms with Crippen molar-refractivity contribution in [2.45, 2.75) is 4.90 Å². The van der Waals surface area contributed by atoms with E-state index in [0.29, 0.717) is 0 Å². The van der Waals surface area contributed by atoms with E-state index in [9.17, 15) is 18.3 Å². The van der Waals surface area contributed by atoms with Crippen molar-refractivity contribution in [1.82, 2.24) is 9.29 Å². The van der Waals surface area contributed by atoms with Gasteiger partial charge in [-0.25, -0.2) is 13.4 Å². The molecule has 0 fully saturated rings. The molecule has 1 aromatic heterocycles. The summed E-state index contributed by atoms with van der Waals surface area (Å²) in [6, 6.07) is 9.90. The van der Waals surface area contributed by atoms with E-state index >= 15 is 0 Å². The number of nitrogens with one attached hydrogen (secondary N) is 1. The summed E-state index contributed by atoms with van der Waals surface area (Å²) in [4.78, 5) is 16.1. The van der Waals surface area contributed by atoms with E-state index in [4.69, 9.17) is 4.11 Å². The van der Waals surface area contributed by atoms with Crippen LogP contribution in [0.15, 0.2) is 59.3 Å². The standard InChI is InChI=1S/C15H13N3O4S/c1-18-13(15(20)17-12-8-4-5-9-16-12)14(19)10-6-2-3-7-11(10)23(18,21)22/h2-9,19H,1H3,(H,16,17,20)/i1D3. The first-order valence-corrected chi connectivity index (χ1v) is 7.88. The second-order valence-corrected chi connectivity index (χ2v) is 6.39. The predicted molar refractivity (Wildman–Crippen MR) is 83.8 cm³/mol. The quantitative estimate of drug-likeness (QED) is 0.868. The molecule has 1 aliphatic rings. The molecule has 118 valence electrons. The summed E-state index contributed by atoms with van der Waals surface area (Å²) < 4.78 is 48.2. The molecule has 0 saturated carbocycles. The van der Waals surface area contributed by atoms with Crippen LogP contribution < -0.4 is 5.32 Å². The molecular formula is C15H13N3O4S. The molecule has 0 aliphatic carbocycles. The Bertz CT molecular complexity index is 1000. The second-order valence-electron chi connectivity index (χ2n) is 4.63. The fraction of sp³-hybridized carbons (Fsp3) is 0.0667. The number of likely N-dealkylation sites (N-methyl/N-ethyl adjacent to an activating group) is 1. The third-order valence-electron chi connectivity index (χ3n) is 3.21. The van der Waals surface area contributed by atoms with Gasteiger partial charge in [-0.3, -0.25) is 9.10 Å². The van der Waals surface area contributed by atoms with Crippen molar-refractivity contribution < 1.29 is 22.4 Å². The van der Waals surface area contributed by atoms with Crippen molar-refractivity contribution in [3.05, 3.63) is 59.9 Å². The lowest BCUT2D eigenvalue weighted by Gasteiger charge is -2.28. The number of rotatable bonds is 2. The molecule has 23 heavy (non-hydrogen) atoms. The Morgan fingerprint density at radius 3 is 2.70 bits per heavy atom. The monoisotopic (exact) mass is 334 g/mol. The molecule has 8 heteroatoms. The van der Waals surface area contributed by atoms with Crippen LogP contribution in [0, 0.1) is 0 Å². The number of sulfonamides is 1. The molecule has 2 aromatic rings. The molecule has 0 saturated heterocycles. The van der Waals surface area contributed by atoms with Crippen molar-refractivity contribution >= 4 is 27.5 Å². The van der Waals surface area contributed by atoms with Crippen molar-refractivity contribution in [2.75, 3.05) is 12.3 Å². The summed E-state index contributed by atoms with van der Waals surface area (Å²) in [7, 11) is -4.59. The Morgan fingerprint density at radius 2 is 2.00 bits per heavy atom. The van der Waals surface area contributed by atoms with Gasteiger partial charge < -0.3 is 10.4 Å². The number of pyridine rings is 1. The van der Waals surface area contributed by atoms with Gasteiger partial charge in [0.2, 0.25) is 0 Å². The van der Waals surface area contributed by atoms with E-state index in [0.717, 1.165) is 6.07 Å². The van der Waals surface area contributed by atoms with Gasteiger partial charge in [0.15, 0.2) is 11.5 Å². The van der Waals surface area contributed by atoms with E-state index in [1.165, 1.54) is 30.5 Å². The molecule has 2 heterocycles. The van der Waals surface area contributed by atoms with Gasteiger partial charge in [0.1, 0.15) is 5.82 Å². The third kappa shape index (κ3) is 2.42. The summed E-state index contributed by atoms with van der Waals surface area (Å²) in [5, 5.41) is 12.8. The summed E-state index contributed by atoms with van der Waals surface area (Å²) >= 11 is 0. The highest BCUT2D eigenvalue weighted by Crippen LogP contribution is 2.34. The Labute approximate surface area is 137 Å². The van der Waals surface area contributed by atoms with Crippen molar-refractivity contribution in [1.29, 1.82) is 0 Å². The maximum atomic E-state index is 12.8. The lowest BCUT2D eigenvalue weighted by molar-refractivity contribution is -0.113. The molecule has 1 aromatic carbocycles. The molecule has 0 atom stereocenters. The zero-order valence-electron chi connectivity index (χ0n) is 14.6. The summed E-state index contributed by atoms with van der Waals surface area (Å²) in [5.74, 6) is -1.80. The molecule has 1 amide bonds. The number of aliphatic hydroxyl groups is 1. The Hall–Kier alpha value is -2.87. The van der Waals surface area contributed by atoms with Crippen LogP contribution >= 0.6 is 0 Å². The molecule has 3 rings (SSSR count). The van der Waals surface area contributed by atoms with Crippen molar-refractivity contribution in [3.63, 3.8) is 0 Å². The van der Waals surface area contributed by atoms with Crippen LogP contribution in [0.1, 0.15) is 9.68 Å². The van der Waals surface area contributed by atoms with Crippen LogP contribution in [0.5, 0.6) is 0 Å². The van der Waals surface area contributed by atoms with E-state index in [1.807, 2.05) is 0 Å². The van der Waals surface area contributed by atoms with Crippen LogP contribution in [0.3, 0.4) is 0 Å². The third-order valence-corrected chi connectivity index (χ3v) is 4.78. The lowest BCUT2D eigenvalue weighted by atomic mass is 10.1. The van der Waals surface area contributed by atoms with Gasteiger partial charge >= 0.3 is 0 Å². The maximum Gasteiger partial charge on any atom is 0.277 e. The molecule has 0 bridgehead atoms. The molecule has 0 unspecified atom stereocenters. The number of fused-ring (bicyclic) bond motifs is 1. The second kappa shape index (κ2) is 5.40. The number of carbonyl (C=O) groups excluding carboxylic acids is 1.